The Kier molecular flexibility index (Phi) is 5.19. The molecule has 0 aliphatic carbocycles. The van der Waals surface area contributed by atoms with Gasteiger partial charge < -0.3 is 5.32 Å². The molecule has 0 radical (unpaired) electrons. The minimum Gasteiger partial charge on any atom is -0.370 e. The zero-order chi connectivity index (χ0) is 12.1. The molecule has 1 rings (SSSR count). The Morgan fingerprint density at radius 3 is 2.69 bits per heavy atom. The molecule has 1 N–H and O–H groups in total. The van der Waals surface area contributed by atoms with Gasteiger partial charge in [-0.15, -0.1) is 0 Å². The van der Waals surface area contributed by atoms with Crippen LogP contribution in [-0.2, 0) is 12.8 Å². The van der Waals surface area contributed by atoms with Gasteiger partial charge in [0.2, 0.25) is 0 Å². The Balaban J connectivity index is 2.69. The zero-order valence-electron chi connectivity index (χ0n) is 11.0. The van der Waals surface area contributed by atoms with E-state index in [1.807, 2.05) is 23.5 Å². The van der Waals surface area contributed by atoms with Gasteiger partial charge in [0, 0.05) is 24.9 Å². The lowest BCUT2D eigenvalue weighted by Crippen LogP contribution is -2.05. The third kappa shape index (κ3) is 3.44. The maximum atomic E-state index is 4.47. The number of nitrogens with zero attached hydrogens (tertiary/aromatic N) is 2. The van der Waals surface area contributed by atoms with E-state index in [9.17, 15) is 0 Å². The highest BCUT2D eigenvalue weighted by atomic mass is 32.2. The molecule has 92 valence electrons. The topological polar surface area (TPSA) is 29.9 Å². The average molecular weight is 241 g/mol. The zero-order valence-corrected chi connectivity index (χ0v) is 11.8. The van der Waals surface area contributed by atoms with Crippen LogP contribution in [-0.4, -0.2) is 22.1 Å². The summed E-state index contributed by atoms with van der Waals surface area (Å²) in [5.74, 6) is 4.20. The maximum Gasteiger partial charge on any atom is 0.128 e. The molecule has 16 heavy (non-hydrogen) atoms. The number of aryl methyl sites for hydroxylation is 2. The van der Waals surface area contributed by atoms with Crippen LogP contribution in [0.25, 0.3) is 0 Å². The molecule has 0 saturated heterocycles. The summed E-state index contributed by atoms with van der Waals surface area (Å²) in [5.41, 5.74) is 2.50. The van der Waals surface area contributed by atoms with Crippen LogP contribution in [0.15, 0.2) is 0 Å². The second-order valence-electron chi connectivity index (χ2n) is 4.48. The van der Waals surface area contributed by atoms with Crippen molar-refractivity contribution in [2.45, 2.75) is 33.4 Å². The van der Waals surface area contributed by atoms with Crippen LogP contribution in [0, 0.1) is 12.8 Å². The van der Waals surface area contributed by atoms with Gasteiger partial charge >= 0.3 is 0 Å². The Morgan fingerprint density at radius 2 is 2.12 bits per heavy atom. The number of hydrogen-bond acceptors (Lipinski definition) is 3. The van der Waals surface area contributed by atoms with Gasteiger partial charge in [0.05, 0.1) is 5.69 Å². The fourth-order valence-corrected chi connectivity index (χ4v) is 2.80. The predicted octanol–water partition coefficient (Wildman–Crippen LogP) is 3.05. The molecule has 0 fully saturated rings. The molecule has 0 amide bonds. The van der Waals surface area contributed by atoms with Crippen molar-refractivity contribution in [2.75, 3.05) is 17.6 Å². The molecule has 0 bridgehead atoms. The number of hydrogen-bond donors (Lipinski definition) is 1. The molecule has 0 spiro atoms. The van der Waals surface area contributed by atoms with Gasteiger partial charge in [-0.3, -0.25) is 4.68 Å². The van der Waals surface area contributed by atoms with Gasteiger partial charge in [0.15, 0.2) is 0 Å². The van der Waals surface area contributed by atoms with E-state index in [1.165, 1.54) is 17.1 Å². The van der Waals surface area contributed by atoms with E-state index < -0.39 is 0 Å². The molecule has 0 aromatic carbocycles. The second-order valence-corrected chi connectivity index (χ2v) is 5.51. The number of thioether (sulfide) groups is 1. The van der Waals surface area contributed by atoms with Gasteiger partial charge in [-0.05, 0) is 25.5 Å². The summed E-state index contributed by atoms with van der Waals surface area (Å²) >= 11 is 1.99. The van der Waals surface area contributed by atoms with Gasteiger partial charge in [0.25, 0.3) is 0 Å². The van der Waals surface area contributed by atoms with E-state index in [1.54, 1.807) is 0 Å². The van der Waals surface area contributed by atoms with Crippen molar-refractivity contribution in [3.63, 3.8) is 0 Å². The molecule has 0 saturated carbocycles. The third-order valence-corrected chi connectivity index (χ3v) is 3.78. The van der Waals surface area contributed by atoms with Gasteiger partial charge in [-0.2, -0.15) is 16.9 Å². The highest BCUT2D eigenvalue weighted by Gasteiger charge is 2.12. The van der Waals surface area contributed by atoms with E-state index in [0.29, 0.717) is 0 Å². The van der Waals surface area contributed by atoms with E-state index >= 15 is 0 Å². The largest absolute Gasteiger partial charge is 0.370 e. The lowest BCUT2D eigenvalue weighted by molar-refractivity contribution is 0.750. The van der Waals surface area contributed by atoms with Crippen LogP contribution in [0.4, 0.5) is 5.82 Å². The predicted molar refractivity (Wildman–Crippen MR) is 73.1 cm³/mol. The average Bonchev–Trinajstić information content (AvgIpc) is 2.44. The van der Waals surface area contributed by atoms with Crippen LogP contribution in [0.3, 0.4) is 0 Å². The summed E-state index contributed by atoms with van der Waals surface area (Å²) in [7, 11) is 2.00. The molecule has 0 aliphatic heterocycles. The first-order chi connectivity index (χ1) is 7.56. The monoisotopic (exact) mass is 241 g/mol. The van der Waals surface area contributed by atoms with Gasteiger partial charge in [-0.1, -0.05) is 13.8 Å². The first-order valence-corrected chi connectivity index (χ1v) is 7.05. The van der Waals surface area contributed by atoms with Gasteiger partial charge in [0.1, 0.15) is 5.82 Å². The van der Waals surface area contributed by atoms with Crippen molar-refractivity contribution < 1.29 is 0 Å². The van der Waals surface area contributed by atoms with Crippen molar-refractivity contribution in [1.82, 2.24) is 9.78 Å². The van der Waals surface area contributed by atoms with Crippen LogP contribution >= 0.6 is 11.8 Å². The molecular weight excluding hydrogens is 218 g/mol. The molecular formula is C12H23N3S. The van der Waals surface area contributed by atoms with Crippen molar-refractivity contribution in [2.24, 2.45) is 13.0 Å². The fourth-order valence-electron chi connectivity index (χ4n) is 1.66. The standard InChI is InChI=1S/C12H23N3S/c1-6-13-12-11(8-16-7-9(2)3)10(4)14-15(12)5/h9,13H,6-8H2,1-5H3. The first-order valence-electron chi connectivity index (χ1n) is 5.90. The van der Waals surface area contributed by atoms with Crippen molar-refractivity contribution in [1.29, 1.82) is 0 Å². The highest BCUT2D eigenvalue weighted by Crippen LogP contribution is 2.24. The quantitative estimate of drug-likeness (QED) is 0.830. The number of aromatic nitrogens is 2. The van der Waals surface area contributed by atoms with Crippen molar-refractivity contribution in [3.05, 3.63) is 11.3 Å². The summed E-state index contributed by atoms with van der Waals surface area (Å²) < 4.78 is 1.95. The summed E-state index contributed by atoms with van der Waals surface area (Å²) in [6, 6.07) is 0. The smallest absolute Gasteiger partial charge is 0.128 e. The van der Waals surface area contributed by atoms with Gasteiger partial charge in [-0.25, -0.2) is 0 Å². The highest BCUT2D eigenvalue weighted by molar-refractivity contribution is 7.98. The molecule has 1 heterocycles. The molecule has 1 aromatic heterocycles. The number of nitrogens with one attached hydrogen (secondary N) is 1. The molecule has 4 heteroatoms. The number of anilines is 1. The van der Waals surface area contributed by atoms with E-state index in [0.717, 1.165) is 23.9 Å². The Morgan fingerprint density at radius 1 is 1.44 bits per heavy atom. The maximum absolute atomic E-state index is 4.47. The molecule has 3 nitrogen and oxygen atoms in total. The molecule has 1 aromatic rings. The lowest BCUT2D eigenvalue weighted by Gasteiger charge is -2.08. The van der Waals surface area contributed by atoms with Crippen LogP contribution in [0.1, 0.15) is 32.0 Å². The van der Waals surface area contributed by atoms with E-state index in [-0.39, 0.29) is 0 Å². The fraction of sp³-hybridized carbons (Fsp3) is 0.750. The van der Waals surface area contributed by atoms with Crippen LogP contribution in [0.2, 0.25) is 0 Å². The van der Waals surface area contributed by atoms with E-state index in [4.69, 9.17) is 0 Å². The SMILES string of the molecule is CCNc1c(CSCC(C)C)c(C)nn1C. The first kappa shape index (κ1) is 13.4. The number of rotatable bonds is 6. The Bertz CT molecular complexity index is 331. The lowest BCUT2D eigenvalue weighted by atomic mass is 10.3. The summed E-state index contributed by atoms with van der Waals surface area (Å²) in [6.45, 7) is 9.67. The minimum atomic E-state index is 0.754. The normalized spacial score (nSPS) is 11.1. The summed E-state index contributed by atoms with van der Waals surface area (Å²) in [5, 5.41) is 7.86. The van der Waals surface area contributed by atoms with Crippen LogP contribution < -0.4 is 5.32 Å². The Hall–Kier alpha value is -0.640. The van der Waals surface area contributed by atoms with E-state index in [2.05, 4.69) is 38.1 Å². The van der Waals surface area contributed by atoms with Crippen LogP contribution in [0.5, 0.6) is 0 Å². The molecule has 0 atom stereocenters. The summed E-state index contributed by atoms with van der Waals surface area (Å²) in [4.78, 5) is 0. The Labute approximate surface area is 103 Å². The summed E-state index contributed by atoms with van der Waals surface area (Å²) in [6.07, 6.45) is 0. The second kappa shape index (κ2) is 6.18. The molecule has 0 unspecified atom stereocenters. The minimum absolute atomic E-state index is 0.754. The molecule has 0 aliphatic rings. The van der Waals surface area contributed by atoms with Crippen molar-refractivity contribution in [3.8, 4) is 0 Å². The third-order valence-electron chi connectivity index (χ3n) is 2.39. The van der Waals surface area contributed by atoms with Crippen molar-refractivity contribution >= 4 is 17.6 Å².